The first-order chi connectivity index (χ1) is 12.9. The number of hydrogen-bond donors (Lipinski definition) is 2. The van der Waals surface area contributed by atoms with Crippen molar-refractivity contribution in [2.45, 2.75) is 25.1 Å². The number of fused-ring (bicyclic) bond motifs is 1. The highest BCUT2D eigenvalue weighted by molar-refractivity contribution is 9.10. The summed E-state index contributed by atoms with van der Waals surface area (Å²) in [4.78, 5) is 8.44. The third-order valence-corrected chi connectivity index (χ3v) is 5.08. The lowest BCUT2D eigenvalue weighted by Gasteiger charge is -2.23. The highest BCUT2D eigenvalue weighted by Gasteiger charge is 2.34. The SMILES string of the molecule is FC(F)(F)c1cc(Br)ccc1Nc1ncnc2c1cnn2C1CCNCC1. The number of rotatable bonds is 3. The van der Waals surface area contributed by atoms with Crippen LogP contribution in [0.5, 0.6) is 0 Å². The van der Waals surface area contributed by atoms with Crippen molar-refractivity contribution in [1.82, 2.24) is 25.1 Å². The van der Waals surface area contributed by atoms with Crippen LogP contribution in [-0.2, 0) is 6.18 Å². The number of nitrogens with zero attached hydrogens (tertiary/aromatic N) is 4. The molecule has 0 atom stereocenters. The van der Waals surface area contributed by atoms with Gasteiger partial charge >= 0.3 is 6.18 Å². The summed E-state index contributed by atoms with van der Waals surface area (Å²) in [5, 5.41) is 11.1. The number of nitrogens with one attached hydrogen (secondary N) is 2. The average Bonchev–Trinajstić information content (AvgIpc) is 3.08. The summed E-state index contributed by atoms with van der Waals surface area (Å²) in [7, 11) is 0. The molecule has 0 aliphatic carbocycles. The molecule has 0 radical (unpaired) electrons. The van der Waals surface area contributed by atoms with Crippen LogP contribution in [0.4, 0.5) is 24.7 Å². The first-order valence-corrected chi connectivity index (χ1v) is 9.25. The van der Waals surface area contributed by atoms with E-state index < -0.39 is 11.7 Å². The maximum atomic E-state index is 13.4. The number of piperidine rings is 1. The van der Waals surface area contributed by atoms with Crippen LogP contribution < -0.4 is 10.6 Å². The molecular formula is C17H16BrF3N6. The van der Waals surface area contributed by atoms with E-state index in [0.29, 0.717) is 21.3 Å². The Balaban J connectivity index is 1.73. The van der Waals surface area contributed by atoms with Gasteiger partial charge in [-0.15, -0.1) is 0 Å². The molecule has 1 aliphatic rings. The Morgan fingerprint density at radius 2 is 1.96 bits per heavy atom. The maximum absolute atomic E-state index is 13.4. The zero-order chi connectivity index (χ0) is 19.0. The highest BCUT2D eigenvalue weighted by Crippen LogP contribution is 2.38. The fraction of sp³-hybridized carbons (Fsp3) is 0.353. The molecule has 1 aliphatic heterocycles. The molecule has 4 rings (SSSR count). The number of aromatic nitrogens is 4. The molecule has 1 saturated heterocycles. The Morgan fingerprint density at radius 3 is 2.70 bits per heavy atom. The fourth-order valence-electron chi connectivity index (χ4n) is 3.27. The highest BCUT2D eigenvalue weighted by atomic mass is 79.9. The maximum Gasteiger partial charge on any atom is 0.418 e. The van der Waals surface area contributed by atoms with E-state index in [1.165, 1.54) is 12.4 Å². The van der Waals surface area contributed by atoms with Crippen molar-refractivity contribution in [1.29, 1.82) is 0 Å². The van der Waals surface area contributed by atoms with E-state index in [0.717, 1.165) is 32.0 Å². The van der Waals surface area contributed by atoms with Gasteiger partial charge in [0, 0.05) is 4.47 Å². The zero-order valence-electron chi connectivity index (χ0n) is 14.1. The van der Waals surface area contributed by atoms with Gasteiger partial charge < -0.3 is 10.6 Å². The topological polar surface area (TPSA) is 67.7 Å². The third kappa shape index (κ3) is 3.63. The largest absolute Gasteiger partial charge is 0.418 e. The molecule has 0 amide bonds. The summed E-state index contributed by atoms with van der Waals surface area (Å²) in [5.74, 6) is 0.299. The quantitative estimate of drug-likeness (QED) is 0.636. The van der Waals surface area contributed by atoms with Crippen LogP contribution in [0.2, 0.25) is 0 Å². The van der Waals surface area contributed by atoms with E-state index in [2.05, 4.69) is 41.6 Å². The molecule has 0 saturated carbocycles. The number of anilines is 2. The molecule has 1 aromatic carbocycles. The summed E-state index contributed by atoms with van der Waals surface area (Å²) in [5.41, 5.74) is -0.222. The van der Waals surface area contributed by atoms with Gasteiger partial charge in [-0.2, -0.15) is 18.3 Å². The van der Waals surface area contributed by atoms with Crippen LogP contribution in [0.3, 0.4) is 0 Å². The number of benzene rings is 1. The zero-order valence-corrected chi connectivity index (χ0v) is 15.7. The van der Waals surface area contributed by atoms with Gasteiger partial charge in [0.25, 0.3) is 0 Å². The van der Waals surface area contributed by atoms with Gasteiger partial charge in [-0.1, -0.05) is 15.9 Å². The molecule has 3 heterocycles. The van der Waals surface area contributed by atoms with Crippen molar-refractivity contribution < 1.29 is 13.2 Å². The molecule has 2 N–H and O–H groups in total. The van der Waals surface area contributed by atoms with Crippen LogP contribution in [-0.4, -0.2) is 32.8 Å². The van der Waals surface area contributed by atoms with Crippen LogP contribution in [0, 0.1) is 0 Å². The lowest BCUT2D eigenvalue weighted by Crippen LogP contribution is -2.29. The molecule has 0 spiro atoms. The van der Waals surface area contributed by atoms with E-state index in [1.807, 2.05) is 4.68 Å². The summed E-state index contributed by atoms with van der Waals surface area (Å²) in [6.45, 7) is 1.80. The molecule has 3 aromatic rings. The van der Waals surface area contributed by atoms with Crippen molar-refractivity contribution >= 4 is 38.5 Å². The fourth-order valence-corrected chi connectivity index (χ4v) is 3.63. The second-order valence-corrected chi connectivity index (χ2v) is 7.26. The molecule has 10 heteroatoms. The molecule has 0 bridgehead atoms. The Labute approximate surface area is 161 Å². The van der Waals surface area contributed by atoms with Crippen LogP contribution in [0.15, 0.2) is 35.2 Å². The normalized spacial score (nSPS) is 16.0. The summed E-state index contributed by atoms with van der Waals surface area (Å²) >= 11 is 3.09. The van der Waals surface area contributed by atoms with Gasteiger partial charge in [0.05, 0.1) is 28.9 Å². The Kier molecular flexibility index (Phi) is 4.77. The smallest absolute Gasteiger partial charge is 0.339 e. The Bertz CT molecular complexity index is 965. The number of alkyl halides is 3. The summed E-state index contributed by atoms with van der Waals surface area (Å²) < 4.78 is 42.3. The molecule has 1 fully saturated rings. The van der Waals surface area contributed by atoms with Crippen molar-refractivity contribution in [3.63, 3.8) is 0 Å². The van der Waals surface area contributed by atoms with Crippen molar-refractivity contribution in [2.24, 2.45) is 0 Å². The Hall–Kier alpha value is -2.20. The third-order valence-electron chi connectivity index (χ3n) is 4.59. The van der Waals surface area contributed by atoms with Gasteiger partial charge in [-0.25, -0.2) is 14.6 Å². The minimum Gasteiger partial charge on any atom is -0.339 e. The first kappa shape index (κ1) is 18.2. The van der Waals surface area contributed by atoms with Gasteiger partial charge in [-0.05, 0) is 44.1 Å². The minimum atomic E-state index is -4.49. The second kappa shape index (κ2) is 7.08. The number of hydrogen-bond acceptors (Lipinski definition) is 5. The monoisotopic (exact) mass is 440 g/mol. The first-order valence-electron chi connectivity index (χ1n) is 8.46. The summed E-state index contributed by atoms with van der Waals surface area (Å²) in [6.07, 6.45) is 0.308. The van der Waals surface area contributed by atoms with Gasteiger partial charge in [-0.3, -0.25) is 0 Å². The van der Waals surface area contributed by atoms with E-state index >= 15 is 0 Å². The van der Waals surface area contributed by atoms with Gasteiger partial charge in [0.15, 0.2) is 5.65 Å². The van der Waals surface area contributed by atoms with E-state index in [9.17, 15) is 13.2 Å². The number of halogens is 4. The van der Waals surface area contributed by atoms with Crippen LogP contribution in [0.25, 0.3) is 11.0 Å². The predicted molar refractivity (Wildman–Crippen MR) is 98.9 cm³/mol. The average molecular weight is 441 g/mol. The van der Waals surface area contributed by atoms with Crippen molar-refractivity contribution in [3.8, 4) is 0 Å². The van der Waals surface area contributed by atoms with Gasteiger partial charge in [0.2, 0.25) is 0 Å². The van der Waals surface area contributed by atoms with E-state index in [4.69, 9.17) is 0 Å². The van der Waals surface area contributed by atoms with Crippen molar-refractivity contribution in [2.75, 3.05) is 18.4 Å². The van der Waals surface area contributed by atoms with E-state index in [-0.39, 0.29) is 11.7 Å². The lowest BCUT2D eigenvalue weighted by atomic mass is 10.1. The molecule has 6 nitrogen and oxygen atoms in total. The summed E-state index contributed by atoms with van der Waals surface area (Å²) in [6, 6.07) is 4.18. The standard InChI is InChI=1S/C17H16BrF3N6/c18-10-1-2-14(13(7-10)17(19,20)21)26-15-12-8-25-27(16(12)24-9-23-15)11-3-5-22-6-4-11/h1-2,7-9,11,22H,3-6H2,(H,23,24,26). The van der Waals surface area contributed by atoms with Gasteiger partial charge in [0.1, 0.15) is 12.1 Å². The molecule has 0 unspecified atom stereocenters. The van der Waals surface area contributed by atoms with Crippen LogP contribution in [0.1, 0.15) is 24.4 Å². The minimum absolute atomic E-state index is 0.0692. The molecule has 27 heavy (non-hydrogen) atoms. The molecule has 142 valence electrons. The second-order valence-electron chi connectivity index (χ2n) is 6.34. The Morgan fingerprint density at radius 1 is 1.19 bits per heavy atom. The lowest BCUT2D eigenvalue weighted by molar-refractivity contribution is -0.137. The molecular weight excluding hydrogens is 425 g/mol. The van der Waals surface area contributed by atoms with Crippen LogP contribution >= 0.6 is 15.9 Å². The van der Waals surface area contributed by atoms with E-state index in [1.54, 1.807) is 12.3 Å². The van der Waals surface area contributed by atoms with Crippen molar-refractivity contribution in [3.05, 3.63) is 40.8 Å². The predicted octanol–water partition coefficient (Wildman–Crippen LogP) is 4.28. The molecule has 2 aromatic heterocycles.